The number of carbonyl (C=O) groups excluding carboxylic acids is 1. The highest BCUT2D eigenvalue weighted by molar-refractivity contribution is 7.22. The molecule has 2 heterocycles. The molecule has 4 rings (SSSR count). The Morgan fingerprint density at radius 1 is 1.10 bits per heavy atom. The van der Waals surface area contributed by atoms with Gasteiger partial charge in [0.1, 0.15) is 0 Å². The lowest BCUT2D eigenvalue weighted by Gasteiger charge is -2.37. The second-order valence-electron chi connectivity index (χ2n) is 6.91. The van der Waals surface area contributed by atoms with Gasteiger partial charge in [0, 0.05) is 31.9 Å². The smallest absolute Gasteiger partial charge is 0.375 e. The number of piperazine rings is 1. The number of anilines is 2. The zero-order valence-electron chi connectivity index (χ0n) is 15.4. The number of aromatic nitrogens is 1. The van der Waals surface area contributed by atoms with Crippen LogP contribution < -0.4 is 10.6 Å². The van der Waals surface area contributed by atoms with E-state index < -0.39 is 11.7 Å². The Morgan fingerprint density at radius 3 is 2.55 bits per heavy atom. The van der Waals surface area contributed by atoms with E-state index >= 15 is 0 Å². The van der Waals surface area contributed by atoms with Crippen LogP contribution in [-0.2, 0) is 17.4 Å². The van der Waals surface area contributed by atoms with Crippen LogP contribution in [0.2, 0.25) is 0 Å². The van der Waals surface area contributed by atoms with E-state index in [0.29, 0.717) is 31.3 Å². The first-order valence-corrected chi connectivity index (χ1v) is 9.97. The van der Waals surface area contributed by atoms with Crippen LogP contribution in [-0.4, -0.2) is 42.0 Å². The van der Waals surface area contributed by atoms with Crippen molar-refractivity contribution in [1.29, 1.82) is 0 Å². The molecule has 0 radical (unpaired) electrons. The number of halogens is 3. The molecule has 29 heavy (non-hydrogen) atoms. The molecule has 1 aromatic heterocycles. The van der Waals surface area contributed by atoms with Crippen LogP contribution in [0.1, 0.15) is 11.1 Å². The Kier molecular flexibility index (Phi) is 5.08. The minimum atomic E-state index is -4.40. The molecule has 1 saturated heterocycles. The summed E-state index contributed by atoms with van der Waals surface area (Å²) in [5.41, 5.74) is 6.92. The first kappa shape index (κ1) is 19.5. The minimum absolute atomic E-state index is 0.0365. The third-order valence-electron chi connectivity index (χ3n) is 5.01. The zero-order valence-corrected chi connectivity index (χ0v) is 16.3. The van der Waals surface area contributed by atoms with Gasteiger partial charge in [-0.2, -0.15) is 13.2 Å². The lowest BCUT2D eigenvalue weighted by Crippen LogP contribution is -2.49. The van der Waals surface area contributed by atoms with Crippen LogP contribution in [0, 0.1) is 0 Å². The van der Waals surface area contributed by atoms with Gasteiger partial charge in [-0.15, -0.1) is 0 Å². The standard InChI is InChI=1S/C20H19F3N4OS/c21-20(22,23)14-3-1-2-4-16(14)26-7-9-27(10-8-26)18(28)12-13-5-6-15-17(11-13)29-19(24)25-15/h1-6,11H,7-10,12H2,(H2,24,25). The summed E-state index contributed by atoms with van der Waals surface area (Å²) < 4.78 is 40.7. The monoisotopic (exact) mass is 420 g/mol. The van der Waals surface area contributed by atoms with Gasteiger partial charge >= 0.3 is 6.18 Å². The molecule has 1 fully saturated rings. The van der Waals surface area contributed by atoms with E-state index in [9.17, 15) is 18.0 Å². The molecule has 0 unspecified atom stereocenters. The molecule has 3 aromatic rings. The number of nitrogens with two attached hydrogens (primary N) is 1. The van der Waals surface area contributed by atoms with E-state index in [-0.39, 0.29) is 18.0 Å². The van der Waals surface area contributed by atoms with Gasteiger partial charge in [0.15, 0.2) is 5.13 Å². The quantitative estimate of drug-likeness (QED) is 0.700. The SMILES string of the molecule is Nc1nc2ccc(CC(=O)N3CCN(c4ccccc4C(F)(F)F)CC3)cc2s1. The Labute approximate surface area is 169 Å². The number of fused-ring (bicyclic) bond motifs is 1. The summed E-state index contributed by atoms with van der Waals surface area (Å²) in [5, 5.41) is 0.485. The van der Waals surface area contributed by atoms with Gasteiger partial charge < -0.3 is 15.5 Å². The third-order valence-corrected chi connectivity index (χ3v) is 5.85. The van der Waals surface area contributed by atoms with Crippen LogP contribution in [0.4, 0.5) is 24.0 Å². The number of nitrogens with zero attached hydrogens (tertiary/aromatic N) is 3. The van der Waals surface area contributed by atoms with E-state index in [0.717, 1.165) is 21.8 Å². The number of hydrogen-bond acceptors (Lipinski definition) is 5. The molecule has 0 atom stereocenters. The van der Waals surface area contributed by atoms with Gasteiger partial charge in [-0.05, 0) is 29.8 Å². The van der Waals surface area contributed by atoms with Crippen molar-refractivity contribution in [2.45, 2.75) is 12.6 Å². The van der Waals surface area contributed by atoms with Gasteiger partial charge in [-0.3, -0.25) is 4.79 Å². The van der Waals surface area contributed by atoms with Gasteiger partial charge in [0.25, 0.3) is 0 Å². The lowest BCUT2D eigenvalue weighted by atomic mass is 10.1. The van der Waals surface area contributed by atoms with E-state index in [4.69, 9.17) is 5.73 Å². The second kappa shape index (κ2) is 7.55. The largest absolute Gasteiger partial charge is 0.418 e. The van der Waals surface area contributed by atoms with Crippen molar-refractivity contribution in [2.24, 2.45) is 0 Å². The van der Waals surface area contributed by atoms with Crippen LogP contribution >= 0.6 is 11.3 Å². The summed E-state index contributed by atoms with van der Waals surface area (Å²) in [5.74, 6) is -0.0365. The van der Waals surface area contributed by atoms with Crippen LogP contribution in [0.25, 0.3) is 10.2 Å². The maximum Gasteiger partial charge on any atom is 0.418 e. The van der Waals surface area contributed by atoms with Gasteiger partial charge in [-0.25, -0.2) is 4.98 Å². The van der Waals surface area contributed by atoms with Crippen molar-refractivity contribution in [1.82, 2.24) is 9.88 Å². The third kappa shape index (κ3) is 4.14. The molecule has 152 valence electrons. The van der Waals surface area contributed by atoms with Crippen molar-refractivity contribution in [2.75, 3.05) is 36.8 Å². The van der Waals surface area contributed by atoms with Crippen LogP contribution in [0.5, 0.6) is 0 Å². The highest BCUT2D eigenvalue weighted by Crippen LogP contribution is 2.36. The number of nitrogen functional groups attached to an aromatic ring is 1. The molecular weight excluding hydrogens is 401 g/mol. The van der Waals surface area contributed by atoms with E-state index in [1.165, 1.54) is 23.5 Å². The number of thiazole rings is 1. The average Bonchev–Trinajstić information content (AvgIpc) is 3.07. The molecular formula is C20H19F3N4OS. The molecule has 9 heteroatoms. The fourth-order valence-corrected chi connectivity index (χ4v) is 4.37. The number of rotatable bonds is 3. The lowest BCUT2D eigenvalue weighted by molar-refractivity contribution is -0.137. The summed E-state index contributed by atoms with van der Waals surface area (Å²) in [6.07, 6.45) is -4.16. The van der Waals surface area contributed by atoms with E-state index in [1.807, 2.05) is 18.2 Å². The van der Waals surface area contributed by atoms with Crippen molar-refractivity contribution in [3.05, 3.63) is 53.6 Å². The van der Waals surface area contributed by atoms with Crippen LogP contribution in [0.3, 0.4) is 0 Å². The number of alkyl halides is 3. The number of benzene rings is 2. The number of carbonyl (C=O) groups is 1. The summed E-state index contributed by atoms with van der Waals surface area (Å²) in [7, 11) is 0. The van der Waals surface area contributed by atoms with Gasteiger partial charge in [-0.1, -0.05) is 29.5 Å². The second-order valence-corrected chi connectivity index (χ2v) is 7.98. The Bertz CT molecular complexity index is 1040. The fraction of sp³-hybridized carbons (Fsp3) is 0.300. The molecule has 5 nitrogen and oxygen atoms in total. The Morgan fingerprint density at radius 2 is 1.83 bits per heavy atom. The topological polar surface area (TPSA) is 62.5 Å². The van der Waals surface area contributed by atoms with E-state index in [1.54, 1.807) is 15.9 Å². The molecule has 1 aliphatic heterocycles. The average molecular weight is 420 g/mol. The van der Waals surface area contributed by atoms with Crippen molar-refractivity contribution in [3.8, 4) is 0 Å². The Balaban J connectivity index is 1.41. The summed E-state index contributed by atoms with van der Waals surface area (Å²) in [6, 6.07) is 11.2. The highest BCUT2D eigenvalue weighted by Gasteiger charge is 2.35. The summed E-state index contributed by atoms with van der Waals surface area (Å²) >= 11 is 1.37. The number of para-hydroxylation sites is 1. The zero-order chi connectivity index (χ0) is 20.6. The summed E-state index contributed by atoms with van der Waals surface area (Å²) in [4.78, 5) is 20.3. The molecule has 0 aliphatic carbocycles. The summed E-state index contributed by atoms with van der Waals surface area (Å²) in [6.45, 7) is 1.51. The molecule has 1 aliphatic rings. The molecule has 0 saturated carbocycles. The van der Waals surface area contributed by atoms with Crippen molar-refractivity contribution >= 4 is 38.3 Å². The molecule has 0 bridgehead atoms. The van der Waals surface area contributed by atoms with Crippen molar-refractivity contribution in [3.63, 3.8) is 0 Å². The number of amides is 1. The fourth-order valence-electron chi connectivity index (χ4n) is 3.57. The minimum Gasteiger partial charge on any atom is -0.375 e. The van der Waals surface area contributed by atoms with E-state index in [2.05, 4.69) is 4.98 Å². The highest BCUT2D eigenvalue weighted by atomic mass is 32.1. The predicted octanol–water partition coefficient (Wildman–Crippen LogP) is 3.79. The number of hydrogen-bond donors (Lipinski definition) is 1. The van der Waals surface area contributed by atoms with Crippen molar-refractivity contribution < 1.29 is 18.0 Å². The maximum absolute atomic E-state index is 13.3. The molecule has 2 N–H and O–H groups in total. The predicted molar refractivity (Wildman–Crippen MR) is 108 cm³/mol. The molecule has 2 aromatic carbocycles. The first-order chi connectivity index (χ1) is 13.8. The Hall–Kier alpha value is -2.81. The van der Waals surface area contributed by atoms with Crippen LogP contribution in [0.15, 0.2) is 42.5 Å². The molecule has 0 spiro atoms. The normalized spacial score (nSPS) is 15.1. The van der Waals surface area contributed by atoms with Gasteiger partial charge in [0.05, 0.1) is 22.2 Å². The molecule has 1 amide bonds. The van der Waals surface area contributed by atoms with Gasteiger partial charge in [0.2, 0.25) is 5.91 Å². The first-order valence-electron chi connectivity index (χ1n) is 9.15. The maximum atomic E-state index is 13.3.